The van der Waals surface area contributed by atoms with Gasteiger partial charge in [0.05, 0.1) is 12.6 Å². The molecular weight excluding hydrogens is 338 g/mol. The van der Waals surface area contributed by atoms with Gasteiger partial charge < -0.3 is 15.0 Å². The van der Waals surface area contributed by atoms with Crippen molar-refractivity contribution in [3.63, 3.8) is 0 Å². The van der Waals surface area contributed by atoms with Crippen LogP contribution < -0.4 is 10.1 Å². The minimum atomic E-state index is 0. The standard InChI is InChI=1S/C19H23N3O2.ClH/c1-2-11-24-17-7-3-5-15(12-17)19(23)22-10-9-21-14-18(22)16-6-4-8-20-13-16;/h3-8,12-13,18,21H,2,9-11,14H2,1H3;1H. The lowest BCUT2D eigenvalue weighted by Crippen LogP contribution is -2.48. The van der Waals surface area contributed by atoms with Crippen molar-refractivity contribution in [2.75, 3.05) is 26.2 Å². The Labute approximate surface area is 154 Å². The summed E-state index contributed by atoms with van der Waals surface area (Å²) in [7, 11) is 0. The van der Waals surface area contributed by atoms with Crippen LogP contribution >= 0.6 is 12.4 Å². The van der Waals surface area contributed by atoms with Crippen molar-refractivity contribution >= 4 is 18.3 Å². The third-order valence-corrected chi connectivity index (χ3v) is 4.13. The van der Waals surface area contributed by atoms with Crippen LogP contribution in [0.1, 0.15) is 35.3 Å². The Balaban J connectivity index is 0.00000225. The second-order valence-corrected chi connectivity index (χ2v) is 5.88. The first-order valence-corrected chi connectivity index (χ1v) is 8.44. The second kappa shape index (κ2) is 9.39. The number of hydrogen-bond donors (Lipinski definition) is 1. The van der Waals surface area contributed by atoms with Crippen LogP contribution in [0.25, 0.3) is 0 Å². The summed E-state index contributed by atoms with van der Waals surface area (Å²) in [4.78, 5) is 19.1. The van der Waals surface area contributed by atoms with E-state index in [9.17, 15) is 4.79 Å². The molecule has 1 saturated heterocycles. The predicted octanol–water partition coefficient (Wildman–Crippen LogP) is 3.08. The Morgan fingerprint density at radius 3 is 3.00 bits per heavy atom. The first-order valence-electron chi connectivity index (χ1n) is 8.44. The molecule has 1 aromatic heterocycles. The molecule has 1 fully saturated rings. The van der Waals surface area contributed by atoms with E-state index in [-0.39, 0.29) is 24.4 Å². The van der Waals surface area contributed by atoms with E-state index in [0.717, 1.165) is 30.8 Å². The number of benzene rings is 1. The minimum Gasteiger partial charge on any atom is -0.494 e. The predicted molar refractivity (Wildman–Crippen MR) is 100 cm³/mol. The molecule has 1 amide bonds. The van der Waals surface area contributed by atoms with Crippen LogP contribution in [-0.2, 0) is 0 Å². The molecule has 2 heterocycles. The number of amides is 1. The lowest BCUT2D eigenvalue weighted by molar-refractivity contribution is 0.0633. The van der Waals surface area contributed by atoms with Crippen LogP contribution in [0.15, 0.2) is 48.8 Å². The van der Waals surface area contributed by atoms with Gasteiger partial charge in [0.2, 0.25) is 0 Å². The number of carbonyl (C=O) groups excluding carboxylic acids is 1. The van der Waals surface area contributed by atoms with E-state index >= 15 is 0 Å². The number of halogens is 1. The molecule has 5 nitrogen and oxygen atoms in total. The van der Waals surface area contributed by atoms with Gasteiger partial charge in [0.25, 0.3) is 5.91 Å². The molecular formula is C19H24ClN3O2. The molecule has 2 aromatic rings. The Hall–Kier alpha value is -2.11. The second-order valence-electron chi connectivity index (χ2n) is 5.88. The van der Waals surface area contributed by atoms with E-state index in [4.69, 9.17) is 4.74 Å². The highest BCUT2D eigenvalue weighted by Gasteiger charge is 2.28. The van der Waals surface area contributed by atoms with Crippen LogP contribution in [0.5, 0.6) is 5.75 Å². The minimum absolute atomic E-state index is 0. The van der Waals surface area contributed by atoms with Gasteiger partial charge >= 0.3 is 0 Å². The maximum Gasteiger partial charge on any atom is 0.254 e. The van der Waals surface area contributed by atoms with Crippen molar-refractivity contribution in [1.29, 1.82) is 0 Å². The molecule has 0 radical (unpaired) electrons. The Bertz CT molecular complexity index is 681. The van der Waals surface area contributed by atoms with E-state index in [1.54, 1.807) is 6.20 Å². The SMILES string of the molecule is CCCOc1cccc(C(=O)N2CCNCC2c2cccnc2)c1.Cl. The fraction of sp³-hybridized carbons (Fsp3) is 0.368. The molecule has 1 aliphatic heterocycles. The Morgan fingerprint density at radius 2 is 2.24 bits per heavy atom. The molecule has 0 saturated carbocycles. The number of carbonyl (C=O) groups is 1. The molecule has 1 aromatic carbocycles. The average Bonchev–Trinajstić information content (AvgIpc) is 2.66. The van der Waals surface area contributed by atoms with Gasteiger partial charge in [0, 0.05) is 37.6 Å². The Kier molecular flexibility index (Phi) is 7.22. The first kappa shape index (κ1) is 19.2. The summed E-state index contributed by atoms with van der Waals surface area (Å²) in [6, 6.07) is 11.4. The summed E-state index contributed by atoms with van der Waals surface area (Å²) in [6.45, 7) is 4.94. The monoisotopic (exact) mass is 361 g/mol. The van der Waals surface area contributed by atoms with Crippen LogP contribution in [0.2, 0.25) is 0 Å². The summed E-state index contributed by atoms with van der Waals surface area (Å²) >= 11 is 0. The first-order chi connectivity index (χ1) is 11.8. The third kappa shape index (κ3) is 4.71. The fourth-order valence-electron chi connectivity index (χ4n) is 2.92. The molecule has 0 aliphatic carbocycles. The van der Waals surface area contributed by atoms with Gasteiger partial charge in [-0.1, -0.05) is 19.1 Å². The number of hydrogen-bond acceptors (Lipinski definition) is 4. The molecule has 6 heteroatoms. The van der Waals surface area contributed by atoms with Gasteiger partial charge in [-0.25, -0.2) is 0 Å². The van der Waals surface area contributed by atoms with Gasteiger partial charge in [0.15, 0.2) is 0 Å². The van der Waals surface area contributed by atoms with Crippen LogP contribution in [0.4, 0.5) is 0 Å². The third-order valence-electron chi connectivity index (χ3n) is 4.13. The largest absolute Gasteiger partial charge is 0.494 e. The zero-order valence-electron chi connectivity index (χ0n) is 14.4. The molecule has 1 unspecified atom stereocenters. The van der Waals surface area contributed by atoms with Crippen LogP contribution in [0.3, 0.4) is 0 Å². The van der Waals surface area contributed by atoms with Gasteiger partial charge in [0.1, 0.15) is 5.75 Å². The normalized spacial score (nSPS) is 16.8. The molecule has 1 aliphatic rings. The number of nitrogens with zero attached hydrogens (tertiary/aromatic N) is 2. The topological polar surface area (TPSA) is 54.5 Å². The molecule has 0 spiro atoms. The van der Waals surface area contributed by atoms with E-state index in [1.807, 2.05) is 47.5 Å². The Morgan fingerprint density at radius 1 is 1.36 bits per heavy atom. The molecule has 3 rings (SSSR count). The zero-order valence-corrected chi connectivity index (χ0v) is 15.2. The van der Waals surface area contributed by atoms with Crippen molar-refractivity contribution in [3.05, 3.63) is 59.9 Å². The van der Waals surface area contributed by atoms with Gasteiger partial charge in [-0.15, -0.1) is 12.4 Å². The van der Waals surface area contributed by atoms with E-state index < -0.39 is 0 Å². The maximum absolute atomic E-state index is 13.0. The van der Waals surface area contributed by atoms with Gasteiger partial charge in [-0.05, 0) is 36.2 Å². The number of ether oxygens (including phenoxy) is 1. The number of pyridine rings is 1. The number of nitrogens with one attached hydrogen (secondary N) is 1. The van der Waals surface area contributed by atoms with Crippen LogP contribution in [-0.4, -0.2) is 42.0 Å². The van der Waals surface area contributed by atoms with E-state index in [0.29, 0.717) is 18.7 Å². The highest BCUT2D eigenvalue weighted by Crippen LogP contribution is 2.24. The summed E-state index contributed by atoms with van der Waals surface area (Å²) in [5.41, 5.74) is 1.72. The highest BCUT2D eigenvalue weighted by atomic mass is 35.5. The zero-order chi connectivity index (χ0) is 16.8. The fourth-order valence-corrected chi connectivity index (χ4v) is 2.92. The van der Waals surface area contributed by atoms with E-state index in [1.165, 1.54) is 0 Å². The average molecular weight is 362 g/mol. The summed E-state index contributed by atoms with van der Waals surface area (Å²) in [5.74, 6) is 0.781. The highest BCUT2D eigenvalue weighted by molar-refractivity contribution is 5.95. The number of aromatic nitrogens is 1. The molecule has 0 bridgehead atoms. The number of piperazine rings is 1. The number of rotatable bonds is 5. The van der Waals surface area contributed by atoms with Crippen molar-refractivity contribution < 1.29 is 9.53 Å². The smallest absolute Gasteiger partial charge is 0.254 e. The summed E-state index contributed by atoms with van der Waals surface area (Å²) in [5, 5.41) is 3.36. The van der Waals surface area contributed by atoms with Crippen molar-refractivity contribution in [3.8, 4) is 5.75 Å². The molecule has 1 N–H and O–H groups in total. The molecule has 1 atom stereocenters. The summed E-state index contributed by atoms with van der Waals surface area (Å²) in [6.07, 6.45) is 4.53. The lowest BCUT2D eigenvalue weighted by atomic mass is 10.0. The van der Waals surface area contributed by atoms with Crippen LogP contribution in [0, 0.1) is 0 Å². The summed E-state index contributed by atoms with van der Waals surface area (Å²) < 4.78 is 5.65. The maximum atomic E-state index is 13.0. The lowest BCUT2D eigenvalue weighted by Gasteiger charge is -2.36. The van der Waals surface area contributed by atoms with Crippen molar-refractivity contribution in [2.45, 2.75) is 19.4 Å². The molecule has 134 valence electrons. The van der Waals surface area contributed by atoms with Gasteiger partial charge in [-0.2, -0.15) is 0 Å². The van der Waals surface area contributed by atoms with Crippen molar-refractivity contribution in [1.82, 2.24) is 15.2 Å². The van der Waals surface area contributed by atoms with Crippen molar-refractivity contribution in [2.24, 2.45) is 0 Å². The van der Waals surface area contributed by atoms with E-state index in [2.05, 4.69) is 17.2 Å². The molecule has 25 heavy (non-hydrogen) atoms. The quantitative estimate of drug-likeness (QED) is 0.889. The van der Waals surface area contributed by atoms with Gasteiger partial charge in [-0.3, -0.25) is 9.78 Å².